The SMILES string of the molecule is Cc1c(CCO)cc2c(c1Cl)OCO2. The van der Waals surface area contributed by atoms with E-state index in [9.17, 15) is 0 Å². The van der Waals surface area contributed by atoms with Crippen molar-refractivity contribution in [2.75, 3.05) is 13.4 Å². The molecule has 1 aliphatic heterocycles. The fourth-order valence-corrected chi connectivity index (χ4v) is 1.79. The number of ether oxygens (including phenoxy) is 2. The molecule has 4 heteroatoms. The summed E-state index contributed by atoms with van der Waals surface area (Å²) in [6, 6.07) is 1.87. The van der Waals surface area contributed by atoms with Crippen molar-refractivity contribution in [3.05, 3.63) is 22.2 Å². The molecule has 0 amide bonds. The molecule has 0 aromatic heterocycles. The molecular weight excluding hydrogens is 204 g/mol. The van der Waals surface area contributed by atoms with Crippen molar-refractivity contribution in [2.24, 2.45) is 0 Å². The Morgan fingerprint density at radius 2 is 2.29 bits per heavy atom. The molecule has 1 aromatic rings. The van der Waals surface area contributed by atoms with E-state index in [2.05, 4.69) is 0 Å². The van der Waals surface area contributed by atoms with E-state index in [0.29, 0.717) is 22.9 Å². The second kappa shape index (κ2) is 3.67. The molecule has 1 aliphatic rings. The Morgan fingerprint density at radius 3 is 3.00 bits per heavy atom. The quantitative estimate of drug-likeness (QED) is 0.818. The highest BCUT2D eigenvalue weighted by Gasteiger charge is 2.20. The van der Waals surface area contributed by atoms with Crippen molar-refractivity contribution in [1.29, 1.82) is 0 Å². The summed E-state index contributed by atoms with van der Waals surface area (Å²) in [5.74, 6) is 1.29. The largest absolute Gasteiger partial charge is 0.454 e. The predicted octanol–water partition coefficient (Wildman–Crippen LogP) is 1.91. The molecule has 0 saturated carbocycles. The van der Waals surface area contributed by atoms with E-state index in [0.717, 1.165) is 11.1 Å². The van der Waals surface area contributed by atoms with Crippen LogP contribution in [0.25, 0.3) is 0 Å². The van der Waals surface area contributed by atoms with Crippen molar-refractivity contribution < 1.29 is 14.6 Å². The first-order valence-corrected chi connectivity index (χ1v) is 4.80. The normalized spacial score (nSPS) is 13.4. The van der Waals surface area contributed by atoms with Gasteiger partial charge in [-0.15, -0.1) is 0 Å². The predicted molar refractivity (Wildman–Crippen MR) is 53.1 cm³/mol. The zero-order chi connectivity index (χ0) is 10.1. The maximum Gasteiger partial charge on any atom is 0.231 e. The number of benzene rings is 1. The van der Waals surface area contributed by atoms with Crippen LogP contribution in [0.15, 0.2) is 6.07 Å². The Hall–Kier alpha value is -0.930. The molecule has 3 nitrogen and oxygen atoms in total. The van der Waals surface area contributed by atoms with Crippen LogP contribution in [0.1, 0.15) is 11.1 Å². The summed E-state index contributed by atoms with van der Waals surface area (Å²) in [6.07, 6.45) is 0.586. The zero-order valence-electron chi connectivity index (χ0n) is 7.84. The van der Waals surface area contributed by atoms with Crippen LogP contribution in [0.2, 0.25) is 5.02 Å². The standard InChI is InChI=1S/C10H11ClO3/c1-6-7(2-3-12)4-8-10(9(6)11)14-5-13-8/h4,12H,2-3,5H2,1H3. The maximum atomic E-state index is 8.87. The fraction of sp³-hybridized carbons (Fsp3) is 0.400. The summed E-state index contributed by atoms with van der Waals surface area (Å²) >= 11 is 6.09. The first-order chi connectivity index (χ1) is 6.74. The van der Waals surface area contributed by atoms with Gasteiger partial charge in [-0.2, -0.15) is 0 Å². The van der Waals surface area contributed by atoms with Crippen molar-refractivity contribution in [3.63, 3.8) is 0 Å². The highest BCUT2D eigenvalue weighted by Crippen LogP contribution is 2.42. The fourth-order valence-electron chi connectivity index (χ4n) is 1.53. The molecule has 76 valence electrons. The molecule has 0 atom stereocenters. The Kier molecular flexibility index (Phi) is 2.52. The van der Waals surface area contributed by atoms with Crippen LogP contribution in [0.4, 0.5) is 0 Å². The van der Waals surface area contributed by atoms with E-state index in [1.165, 1.54) is 0 Å². The smallest absolute Gasteiger partial charge is 0.231 e. The molecular formula is C10H11ClO3. The first-order valence-electron chi connectivity index (χ1n) is 4.42. The highest BCUT2D eigenvalue weighted by atomic mass is 35.5. The summed E-state index contributed by atoms with van der Waals surface area (Å²) in [5, 5.41) is 9.45. The number of rotatable bonds is 2. The summed E-state index contributed by atoms with van der Waals surface area (Å²) in [5.41, 5.74) is 1.95. The minimum absolute atomic E-state index is 0.108. The molecule has 0 bridgehead atoms. The van der Waals surface area contributed by atoms with E-state index in [1.54, 1.807) is 0 Å². The van der Waals surface area contributed by atoms with Gasteiger partial charge in [-0.05, 0) is 30.5 Å². The third-order valence-electron chi connectivity index (χ3n) is 2.34. The second-order valence-corrected chi connectivity index (χ2v) is 3.56. The van der Waals surface area contributed by atoms with Gasteiger partial charge in [0.1, 0.15) is 0 Å². The molecule has 0 spiro atoms. The number of aliphatic hydroxyl groups is 1. The molecule has 0 fully saturated rings. The van der Waals surface area contributed by atoms with E-state index < -0.39 is 0 Å². The minimum atomic E-state index is 0.108. The molecule has 0 aliphatic carbocycles. The van der Waals surface area contributed by atoms with Crippen molar-refractivity contribution in [3.8, 4) is 11.5 Å². The van der Waals surface area contributed by atoms with Crippen LogP contribution in [-0.2, 0) is 6.42 Å². The van der Waals surface area contributed by atoms with Crippen molar-refractivity contribution in [2.45, 2.75) is 13.3 Å². The molecule has 0 unspecified atom stereocenters. The van der Waals surface area contributed by atoms with E-state index in [4.69, 9.17) is 26.2 Å². The summed E-state index contributed by atoms with van der Waals surface area (Å²) in [7, 11) is 0. The van der Waals surface area contributed by atoms with Crippen LogP contribution in [-0.4, -0.2) is 18.5 Å². The van der Waals surface area contributed by atoms with E-state index >= 15 is 0 Å². The monoisotopic (exact) mass is 214 g/mol. The van der Waals surface area contributed by atoms with Crippen LogP contribution < -0.4 is 9.47 Å². The molecule has 1 heterocycles. The number of fused-ring (bicyclic) bond motifs is 1. The topological polar surface area (TPSA) is 38.7 Å². The lowest BCUT2D eigenvalue weighted by atomic mass is 10.1. The van der Waals surface area contributed by atoms with Gasteiger partial charge in [-0.1, -0.05) is 11.6 Å². The zero-order valence-corrected chi connectivity index (χ0v) is 8.60. The van der Waals surface area contributed by atoms with Gasteiger partial charge in [-0.3, -0.25) is 0 Å². The Bertz CT molecular complexity index is 363. The van der Waals surface area contributed by atoms with Gasteiger partial charge in [-0.25, -0.2) is 0 Å². The van der Waals surface area contributed by atoms with E-state index in [-0.39, 0.29) is 13.4 Å². The Labute approximate surface area is 87.2 Å². The molecule has 1 N–H and O–H groups in total. The van der Waals surface area contributed by atoms with Gasteiger partial charge < -0.3 is 14.6 Å². The van der Waals surface area contributed by atoms with E-state index in [1.807, 2.05) is 13.0 Å². The van der Waals surface area contributed by atoms with Crippen LogP contribution >= 0.6 is 11.6 Å². The average molecular weight is 215 g/mol. The lowest BCUT2D eigenvalue weighted by Gasteiger charge is -2.08. The second-order valence-electron chi connectivity index (χ2n) is 3.18. The number of aliphatic hydroxyl groups excluding tert-OH is 1. The van der Waals surface area contributed by atoms with Crippen LogP contribution in [0.5, 0.6) is 11.5 Å². The Balaban J connectivity index is 2.49. The first kappa shape index (κ1) is 9.62. The molecule has 0 saturated heterocycles. The van der Waals surface area contributed by atoms with Gasteiger partial charge >= 0.3 is 0 Å². The lowest BCUT2D eigenvalue weighted by Crippen LogP contribution is -1.95. The Morgan fingerprint density at radius 1 is 1.50 bits per heavy atom. The lowest BCUT2D eigenvalue weighted by molar-refractivity contribution is 0.174. The van der Waals surface area contributed by atoms with Gasteiger partial charge in [0, 0.05) is 6.61 Å². The maximum absolute atomic E-state index is 8.87. The minimum Gasteiger partial charge on any atom is -0.454 e. The summed E-state index contributed by atoms with van der Waals surface area (Å²) < 4.78 is 10.5. The van der Waals surface area contributed by atoms with Gasteiger partial charge in [0.05, 0.1) is 5.02 Å². The van der Waals surface area contributed by atoms with Gasteiger partial charge in [0.15, 0.2) is 11.5 Å². The van der Waals surface area contributed by atoms with Gasteiger partial charge in [0.2, 0.25) is 6.79 Å². The van der Waals surface area contributed by atoms with Gasteiger partial charge in [0.25, 0.3) is 0 Å². The van der Waals surface area contributed by atoms with Crippen LogP contribution in [0.3, 0.4) is 0 Å². The highest BCUT2D eigenvalue weighted by molar-refractivity contribution is 6.33. The third-order valence-corrected chi connectivity index (χ3v) is 2.79. The van der Waals surface area contributed by atoms with Crippen molar-refractivity contribution in [1.82, 2.24) is 0 Å². The number of hydrogen-bond donors (Lipinski definition) is 1. The van der Waals surface area contributed by atoms with Crippen molar-refractivity contribution >= 4 is 11.6 Å². The average Bonchev–Trinajstić information content (AvgIpc) is 2.62. The number of halogens is 1. The summed E-state index contributed by atoms with van der Waals surface area (Å²) in [6.45, 7) is 2.24. The third kappa shape index (κ3) is 1.42. The number of hydrogen-bond acceptors (Lipinski definition) is 3. The molecule has 14 heavy (non-hydrogen) atoms. The summed E-state index contributed by atoms with van der Waals surface area (Å²) in [4.78, 5) is 0. The molecule has 1 aromatic carbocycles. The molecule has 2 rings (SSSR count). The van der Waals surface area contributed by atoms with Crippen LogP contribution in [0, 0.1) is 6.92 Å². The molecule has 0 radical (unpaired) electrons.